The van der Waals surface area contributed by atoms with Crippen LogP contribution in [0, 0.1) is 25.2 Å². The molecule has 0 spiro atoms. The van der Waals surface area contributed by atoms with Gasteiger partial charge in [-0.15, -0.1) is 11.8 Å². The zero-order valence-corrected chi connectivity index (χ0v) is 15.2. The van der Waals surface area contributed by atoms with E-state index in [-0.39, 0.29) is 16.6 Å². The number of hydrogen-bond acceptors (Lipinski definition) is 4. The quantitative estimate of drug-likeness (QED) is 0.388. The number of aromatic nitrogens is 2. The lowest BCUT2D eigenvalue weighted by atomic mass is 10.2. The van der Waals surface area contributed by atoms with Crippen molar-refractivity contribution in [3.05, 3.63) is 65.2 Å². The maximum absolute atomic E-state index is 10.6. The molecule has 1 unspecified atom stereocenters. The third kappa shape index (κ3) is 3.54. The monoisotopic (exact) mass is 349 g/mol. The number of rotatable bonds is 4. The van der Waals surface area contributed by atoms with E-state index in [2.05, 4.69) is 29.0 Å². The first kappa shape index (κ1) is 17.1. The second-order valence-electron chi connectivity index (χ2n) is 6.00. The van der Waals surface area contributed by atoms with Crippen LogP contribution in [0.25, 0.3) is 16.6 Å². The third-order valence-corrected chi connectivity index (χ3v) is 5.30. The minimum absolute atomic E-state index is 0.0338. The van der Waals surface area contributed by atoms with Gasteiger partial charge in [-0.3, -0.25) is 0 Å². The van der Waals surface area contributed by atoms with Crippen LogP contribution in [0.15, 0.2) is 53.1 Å². The molecule has 0 radical (unpaired) electrons. The van der Waals surface area contributed by atoms with Crippen LogP contribution < -0.4 is 0 Å². The zero-order chi connectivity index (χ0) is 18.0. The van der Waals surface area contributed by atoms with Gasteiger partial charge in [0.05, 0.1) is 16.3 Å². The lowest BCUT2D eigenvalue weighted by molar-refractivity contribution is 0.402. The van der Waals surface area contributed by atoms with Crippen molar-refractivity contribution in [1.82, 2.24) is 9.97 Å². The molecule has 1 aromatic heterocycles. The Morgan fingerprint density at radius 3 is 2.68 bits per heavy atom. The highest BCUT2D eigenvalue weighted by Gasteiger charge is 2.19. The van der Waals surface area contributed by atoms with Gasteiger partial charge in [0.25, 0.3) is 0 Å². The summed E-state index contributed by atoms with van der Waals surface area (Å²) in [5.74, 6) is 0.431. The van der Waals surface area contributed by atoms with Crippen molar-refractivity contribution < 1.29 is 5.11 Å². The number of fused-ring (bicyclic) bond motifs is 1. The fraction of sp³-hybridized carbons (Fsp3) is 0.200. The predicted molar refractivity (Wildman–Crippen MR) is 102 cm³/mol. The Morgan fingerprint density at radius 1 is 1.24 bits per heavy atom. The molecule has 0 aliphatic rings. The Morgan fingerprint density at radius 2 is 2.00 bits per heavy atom. The average molecular weight is 349 g/mol. The van der Waals surface area contributed by atoms with Gasteiger partial charge < -0.3 is 10.1 Å². The van der Waals surface area contributed by atoms with E-state index in [0.29, 0.717) is 5.82 Å². The first-order valence-corrected chi connectivity index (χ1v) is 8.90. The number of allylic oxidation sites excluding steroid dienone is 1. The maximum atomic E-state index is 10.6. The van der Waals surface area contributed by atoms with Crippen LogP contribution in [0.5, 0.6) is 0 Å². The number of imidazole rings is 1. The van der Waals surface area contributed by atoms with Crippen LogP contribution >= 0.6 is 11.8 Å². The van der Waals surface area contributed by atoms with Crippen molar-refractivity contribution in [2.75, 3.05) is 0 Å². The van der Waals surface area contributed by atoms with Crippen molar-refractivity contribution in [2.45, 2.75) is 30.9 Å². The molecule has 1 atom stereocenters. The van der Waals surface area contributed by atoms with Gasteiger partial charge in [0, 0.05) is 4.90 Å². The zero-order valence-electron chi connectivity index (χ0n) is 14.4. The van der Waals surface area contributed by atoms with Crippen LogP contribution in [0.3, 0.4) is 0 Å². The van der Waals surface area contributed by atoms with Gasteiger partial charge in [-0.1, -0.05) is 29.8 Å². The van der Waals surface area contributed by atoms with E-state index in [1.807, 2.05) is 50.2 Å². The highest BCUT2D eigenvalue weighted by atomic mass is 32.2. The fourth-order valence-electron chi connectivity index (χ4n) is 2.68. The van der Waals surface area contributed by atoms with Gasteiger partial charge in [0.1, 0.15) is 17.4 Å². The molecule has 0 aliphatic carbocycles. The Bertz CT molecular complexity index is 965. The van der Waals surface area contributed by atoms with Gasteiger partial charge in [0.2, 0.25) is 0 Å². The Hall–Kier alpha value is -2.71. The van der Waals surface area contributed by atoms with E-state index in [1.165, 1.54) is 17.3 Å². The van der Waals surface area contributed by atoms with E-state index in [4.69, 9.17) is 0 Å². The summed E-state index contributed by atoms with van der Waals surface area (Å²) in [4.78, 5) is 8.61. The van der Waals surface area contributed by atoms with E-state index < -0.39 is 0 Å². The van der Waals surface area contributed by atoms with Crippen LogP contribution in [-0.2, 0) is 0 Å². The van der Waals surface area contributed by atoms with Gasteiger partial charge >= 0.3 is 0 Å². The number of aliphatic hydroxyl groups is 1. The Labute approximate surface area is 151 Å². The molecule has 5 heteroatoms. The van der Waals surface area contributed by atoms with E-state index in [0.717, 1.165) is 21.5 Å². The van der Waals surface area contributed by atoms with E-state index in [9.17, 15) is 10.4 Å². The normalized spacial score (nSPS) is 13.4. The summed E-state index contributed by atoms with van der Waals surface area (Å²) in [6.45, 7) is 5.99. The van der Waals surface area contributed by atoms with Crippen molar-refractivity contribution >= 4 is 28.4 Å². The number of thioether (sulfide) groups is 1. The van der Waals surface area contributed by atoms with Crippen LogP contribution in [0.1, 0.15) is 23.9 Å². The number of hydrogen-bond donors (Lipinski definition) is 2. The standard InChI is InChI=1S/C20H19N3OS/c1-12-8-9-18(13(2)10-12)25-14(3)19(24)15(11-21)20-22-16-6-4-5-7-17(16)23-20/h4-10,14,24H,1-3H3,(H,22,23)/b19-15+. The lowest BCUT2D eigenvalue weighted by Gasteiger charge is -2.14. The number of aryl methyl sites for hydroxylation is 2. The summed E-state index contributed by atoms with van der Waals surface area (Å²) in [5.41, 5.74) is 4.16. The molecule has 0 fully saturated rings. The first-order valence-electron chi connectivity index (χ1n) is 8.02. The van der Waals surface area contributed by atoms with Gasteiger partial charge in [-0.2, -0.15) is 5.26 Å². The summed E-state index contributed by atoms with van der Waals surface area (Å²) in [6, 6.07) is 15.9. The molecule has 0 saturated carbocycles. The molecule has 2 N–H and O–H groups in total. The number of nitrogens with one attached hydrogen (secondary N) is 1. The minimum atomic E-state index is -0.260. The highest BCUT2D eigenvalue weighted by Crippen LogP contribution is 2.32. The third-order valence-electron chi connectivity index (χ3n) is 4.01. The van der Waals surface area contributed by atoms with Crippen LogP contribution in [0.4, 0.5) is 0 Å². The molecule has 0 saturated heterocycles. The molecule has 3 rings (SSSR count). The second kappa shape index (κ2) is 7.04. The maximum Gasteiger partial charge on any atom is 0.152 e. The number of aromatic amines is 1. The molecule has 1 heterocycles. The molecule has 0 amide bonds. The molecule has 4 nitrogen and oxygen atoms in total. The van der Waals surface area contributed by atoms with Crippen molar-refractivity contribution in [3.63, 3.8) is 0 Å². The SMILES string of the molecule is Cc1ccc(SC(C)/C(O)=C(/C#N)c2nc3ccccc3[nH]2)c(C)c1. The van der Waals surface area contributed by atoms with E-state index in [1.54, 1.807) is 0 Å². The summed E-state index contributed by atoms with van der Waals surface area (Å²) in [7, 11) is 0. The molecular weight excluding hydrogens is 330 g/mol. The topological polar surface area (TPSA) is 72.7 Å². The Balaban J connectivity index is 1.93. The van der Waals surface area contributed by atoms with Crippen molar-refractivity contribution in [2.24, 2.45) is 0 Å². The van der Waals surface area contributed by atoms with Gasteiger partial charge in [0.15, 0.2) is 5.82 Å². The molecule has 126 valence electrons. The predicted octanol–water partition coefficient (Wildman–Crippen LogP) is 5.15. The van der Waals surface area contributed by atoms with Crippen LogP contribution in [-0.4, -0.2) is 20.3 Å². The number of nitriles is 1. The number of para-hydroxylation sites is 2. The highest BCUT2D eigenvalue weighted by molar-refractivity contribution is 8.00. The molecule has 0 bridgehead atoms. The number of aliphatic hydroxyl groups excluding tert-OH is 1. The van der Waals surface area contributed by atoms with Crippen molar-refractivity contribution in [1.29, 1.82) is 5.26 Å². The molecule has 3 aromatic rings. The smallest absolute Gasteiger partial charge is 0.152 e. The first-order chi connectivity index (χ1) is 12.0. The minimum Gasteiger partial charge on any atom is -0.510 e. The van der Waals surface area contributed by atoms with Crippen molar-refractivity contribution in [3.8, 4) is 6.07 Å². The molecule has 0 aliphatic heterocycles. The molecular formula is C20H19N3OS. The average Bonchev–Trinajstić information content (AvgIpc) is 3.01. The summed E-state index contributed by atoms with van der Waals surface area (Å²) < 4.78 is 0. The summed E-state index contributed by atoms with van der Waals surface area (Å²) >= 11 is 1.53. The molecule has 25 heavy (non-hydrogen) atoms. The summed E-state index contributed by atoms with van der Waals surface area (Å²) in [5, 5.41) is 19.9. The summed E-state index contributed by atoms with van der Waals surface area (Å²) in [6.07, 6.45) is 0. The lowest BCUT2D eigenvalue weighted by Crippen LogP contribution is -2.05. The number of benzene rings is 2. The van der Waals surface area contributed by atoms with Gasteiger partial charge in [-0.25, -0.2) is 4.98 Å². The molecule has 2 aromatic carbocycles. The number of H-pyrrole nitrogens is 1. The number of nitrogens with zero attached hydrogens (tertiary/aromatic N) is 2. The Kier molecular flexibility index (Phi) is 4.82. The fourth-order valence-corrected chi connectivity index (χ4v) is 3.69. The van der Waals surface area contributed by atoms with Gasteiger partial charge in [-0.05, 0) is 44.5 Å². The van der Waals surface area contributed by atoms with Crippen LogP contribution in [0.2, 0.25) is 0 Å². The largest absolute Gasteiger partial charge is 0.510 e. The van der Waals surface area contributed by atoms with E-state index >= 15 is 0 Å². The second-order valence-corrected chi connectivity index (χ2v) is 7.39.